The van der Waals surface area contributed by atoms with Crippen LogP contribution in [0.5, 0.6) is 0 Å². The van der Waals surface area contributed by atoms with Gasteiger partial charge in [0.25, 0.3) is 0 Å². The summed E-state index contributed by atoms with van der Waals surface area (Å²) in [6, 6.07) is 0.808. The monoisotopic (exact) mass is 309 g/mol. The molecule has 0 radical (unpaired) electrons. The van der Waals surface area contributed by atoms with Gasteiger partial charge in [0.05, 0.1) is 5.54 Å². The van der Waals surface area contributed by atoms with Crippen LogP contribution in [0.25, 0.3) is 0 Å². The molecule has 19 heavy (non-hydrogen) atoms. The highest BCUT2D eigenvalue weighted by Gasteiger charge is 2.43. The molecule has 1 aliphatic heterocycles. The van der Waals surface area contributed by atoms with Crippen LogP contribution in [0, 0.1) is 0 Å². The number of carbonyl (C=O) groups excluding carboxylic acids is 1. The Morgan fingerprint density at radius 2 is 1.58 bits per heavy atom. The second-order valence-electron chi connectivity index (χ2n) is 5.92. The Hall–Kier alpha value is -0.0300. The lowest BCUT2D eigenvalue weighted by atomic mass is 9.76. The number of carbonyl (C=O) groups is 1. The van der Waals surface area contributed by atoms with Crippen molar-refractivity contribution in [3.63, 3.8) is 0 Å². The van der Waals surface area contributed by atoms with Gasteiger partial charge in [0.2, 0.25) is 5.91 Å². The molecular formula is C13H25Cl2N3O. The summed E-state index contributed by atoms with van der Waals surface area (Å²) in [6.07, 6.45) is 6.98. The highest BCUT2D eigenvalue weighted by Crippen LogP contribution is 2.32. The summed E-state index contributed by atoms with van der Waals surface area (Å²) >= 11 is 0. The Morgan fingerprint density at radius 3 is 1.95 bits per heavy atom. The molecule has 0 spiro atoms. The van der Waals surface area contributed by atoms with Crippen LogP contribution in [0.2, 0.25) is 0 Å². The Bertz CT molecular complexity index is 311. The lowest BCUT2D eigenvalue weighted by Crippen LogP contribution is -2.63. The molecule has 0 aromatic heterocycles. The molecule has 4 nitrogen and oxygen atoms in total. The van der Waals surface area contributed by atoms with Gasteiger partial charge in [0, 0.05) is 32.2 Å². The third-order valence-corrected chi connectivity index (χ3v) is 4.86. The van der Waals surface area contributed by atoms with Crippen molar-refractivity contribution in [3.05, 3.63) is 0 Å². The van der Waals surface area contributed by atoms with Gasteiger partial charge in [0.1, 0.15) is 0 Å². The molecule has 2 N–H and O–H groups in total. The van der Waals surface area contributed by atoms with E-state index >= 15 is 0 Å². The summed E-state index contributed by atoms with van der Waals surface area (Å²) < 4.78 is 0. The van der Waals surface area contributed by atoms with E-state index in [1.807, 2.05) is 4.90 Å². The van der Waals surface area contributed by atoms with Crippen LogP contribution in [0.3, 0.4) is 0 Å². The maximum Gasteiger partial charge on any atom is 0.242 e. The lowest BCUT2D eigenvalue weighted by Gasteiger charge is -2.46. The average molecular weight is 310 g/mol. The second kappa shape index (κ2) is 6.61. The van der Waals surface area contributed by atoms with E-state index in [1.54, 1.807) is 0 Å². The number of hydrogen-bond acceptors (Lipinski definition) is 3. The number of rotatable bonds is 2. The first-order chi connectivity index (χ1) is 8.19. The molecule has 3 aliphatic rings. The van der Waals surface area contributed by atoms with Gasteiger partial charge in [-0.1, -0.05) is 6.42 Å². The van der Waals surface area contributed by atoms with Crippen LogP contribution in [-0.2, 0) is 4.79 Å². The van der Waals surface area contributed by atoms with E-state index in [4.69, 9.17) is 5.73 Å². The SMILES string of the molecule is Cl.Cl.NC1(C(=O)N2CCN(C3CCC3)CC2)CCC1. The molecule has 112 valence electrons. The molecule has 0 unspecified atom stereocenters. The van der Waals surface area contributed by atoms with Crippen molar-refractivity contribution in [3.8, 4) is 0 Å². The quantitative estimate of drug-likeness (QED) is 0.839. The van der Waals surface area contributed by atoms with Gasteiger partial charge >= 0.3 is 0 Å². The fourth-order valence-electron chi connectivity index (χ4n) is 3.13. The van der Waals surface area contributed by atoms with Crippen molar-refractivity contribution in [2.24, 2.45) is 5.73 Å². The highest BCUT2D eigenvalue weighted by atomic mass is 35.5. The summed E-state index contributed by atoms with van der Waals surface area (Å²) in [5.74, 6) is 0.206. The molecule has 0 bridgehead atoms. The van der Waals surface area contributed by atoms with E-state index in [0.717, 1.165) is 51.5 Å². The summed E-state index contributed by atoms with van der Waals surface area (Å²) in [5.41, 5.74) is 5.60. The van der Waals surface area contributed by atoms with Gasteiger partial charge in [-0.05, 0) is 32.1 Å². The maximum atomic E-state index is 12.2. The van der Waals surface area contributed by atoms with Gasteiger partial charge in [0.15, 0.2) is 0 Å². The van der Waals surface area contributed by atoms with Crippen LogP contribution >= 0.6 is 24.8 Å². The van der Waals surface area contributed by atoms with E-state index in [2.05, 4.69) is 4.90 Å². The predicted molar refractivity (Wildman–Crippen MR) is 81.1 cm³/mol. The molecule has 1 heterocycles. The van der Waals surface area contributed by atoms with Crippen molar-refractivity contribution >= 4 is 30.7 Å². The summed E-state index contributed by atoms with van der Waals surface area (Å²) in [4.78, 5) is 16.8. The summed E-state index contributed by atoms with van der Waals surface area (Å²) in [5, 5.41) is 0. The van der Waals surface area contributed by atoms with Crippen LogP contribution in [0.15, 0.2) is 0 Å². The first-order valence-corrected chi connectivity index (χ1v) is 7.01. The molecule has 0 aromatic rings. The number of nitrogens with zero attached hydrogens (tertiary/aromatic N) is 2. The number of nitrogens with two attached hydrogens (primary N) is 1. The third kappa shape index (κ3) is 3.18. The first kappa shape index (κ1) is 17.0. The van der Waals surface area contributed by atoms with Gasteiger partial charge < -0.3 is 10.6 Å². The molecule has 1 saturated heterocycles. The van der Waals surface area contributed by atoms with Crippen LogP contribution in [0.1, 0.15) is 38.5 Å². The predicted octanol–water partition coefficient (Wildman–Crippen LogP) is 1.41. The first-order valence-electron chi connectivity index (χ1n) is 7.01. The molecule has 2 saturated carbocycles. The summed E-state index contributed by atoms with van der Waals surface area (Å²) in [6.45, 7) is 3.86. The van der Waals surface area contributed by atoms with Crippen molar-refractivity contribution < 1.29 is 4.79 Å². The Labute approximate surface area is 127 Å². The topological polar surface area (TPSA) is 49.6 Å². The Morgan fingerprint density at radius 1 is 1.00 bits per heavy atom. The normalized spacial score (nSPS) is 26.5. The van der Waals surface area contributed by atoms with Gasteiger partial charge in [-0.25, -0.2) is 0 Å². The molecule has 1 amide bonds. The van der Waals surface area contributed by atoms with Crippen LogP contribution in [-0.4, -0.2) is 53.5 Å². The van der Waals surface area contributed by atoms with E-state index in [9.17, 15) is 4.79 Å². The van der Waals surface area contributed by atoms with Gasteiger partial charge in [-0.15, -0.1) is 24.8 Å². The van der Waals surface area contributed by atoms with Crippen molar-refractivity contribution in [1.82, 2.24) is 9.80 Å². The number of halogens is 2. The molecule has 6 heteroatoms. The fourth-order valence-corrected chi connectivity index (χ4v) is 3.13. The van der Waals surface area contributed by atoms with E-state index in [0.29, 0.717) is 0 Å². The van der Waals surface area contributed by atoms with Crippen molar-refractivity contribution in [2.45, 2.75) is 50.1 Å². The highest BCUT2D eigenvalue weighted by molar-refractivity contribution is 5.87. The zero-order valence-corrected chi connectivity index (χ0v) is 13.0. The van der Waals surface area contributed by atoms with Crippen molar-refractivity contribution in [2.75, 3.05) is 26.2 Å². The Balaban J connectivity index is 0.000000902. The zero-order chi connectivity index (χ0) is 11.9. The van der Waals surface area contributed by atoms with Crippen LogP contribution in [0.4, 0.5) is 0 Å². The molecule has 0 atom stereocenters. The smallest absolute Gasteiger partial charge is 0.242 e. The minimum atomic E-state index is -0.501. The summed E-state index contributed by atoms with van der Waals surface area (Å²) in [7, 11) is 0. The molecular weight excluding hydrogens is 285 g/mol. The van der Waals surface area contributed by atoms with E-state index in [-0.39, 0.29) is 30.7 Å². The minimum Gasteiger partial charge on any atom is -0.339 e. The molecule has 2 aliphatic carbocycles. The maximum absolute atomic E-state index is 12.2. The number of piperazine rings is 1. The van der Waals surface area contributed by atoms with Gasteiger partial charge in [-0.3, -0.25) is 9.69 Å². The third-order valence-electron chi connectivity index (χ3n) is 4.86. The molecule has 3 fully saturated rings. The number of hydrogen-bond donors (Lipinski definition) is 1. The molecule has 0 aromatic carbocycles. The molecule has 3 rings (SSSR count). The Kier molecular flexibility index (Phi) is 5.93. The number of amides is 1. The zero-order valence-electron chi connectivity index (χ0n) is 11.3. The largest absolute Gasteiger partial charge is 0.339 e. The average Bonchev–Trinajstić information content (AvgIpc) is 2.24. The van der Waals surface area contributed by atoms with E-state index < -0.39 is 5.54 Å². The van der Waals surface area contributed by atoms with Crippen molar-refractivity contribution in [1.29, 1.82) is 0 Å². The fraction of sp³-hybridized carbons (Fsp3) is 0.923. The second-order valence-corrected chi connectivity index (χ2v) is 5.92. The van der Waals surface area contributed by atoms with Gasteiger partial charge in [-0.2, -0.15) is 0 Å². The van der Waals surface area contributed by atoms with E-state index in [1.165, 1.54) is 19.3 Å². The lowest BCUT2D eigenvalue weighted by molar-refractivity contribution is -0.142. The van der Waals surface area contributed by atoms with Crippen LogP contribution < -0.4 is 5.73 Å². The minimum absolute atomic E-state index is 0. The standard InChI is InChI=1S/C13H23N3O.2ClH/c14-13(5-2-6-13)12(17)16-9-7-15(8-10-16)11-3-1-4-11;;/h11H,1-10,14H2;2*1H.